The number of benzene rings is 1. The number of carbonyl (C=O) groups is 2. The molecule has 0 aliphatic carbocycles. The Kier molecular flexibility index (Phi) is 3.96. The first-order valence-electron chi connectivity index (χ1n) is 5.47. The number of ether oxygens (including phenoxy) is 1. The number of hydrogen-bond acceptors (Lipinski definition) is 3. The third-order valence-electron chi connectivity index (χ3n) is 3.05. The van der Waals surface area contributed by atoms with E-state index in [1.807, 2.05) is 20.8 Å². The first-order chi connectivity index (χ1) is 8.31. The molecule has 5 nitrogen and oxygen atoms in total. The van der Waals surface area contributed by atoms with Crippen LogP contribution in [0.15, 0.2) is 6.07 Å². The maximum absolute atomic E-state index is 11.5. The van der Waals surface area contributed by atoms with Gasteiger partial charge in [0.05, 0.1) is 7.11 Å². The fourth-order valence-corrected chi connectivity index (χ4v) is 1.95. The first-order valence-corrected chi connectivity index (χ1v) is 5.47. The fraction of sp³-hybridized carbons (Fsp3) is 0.385. The monoisotopic (exact) mass is 251 g/mol. The number of hydrogen-bond donors (Lipinski definition) is 1. The molecule has 0 bridgehead atoms. The van der Waals surface area contributed by atoms with Crippen molar-refractivity contribution in [1.29, 1.82) is 0 Å². The van der Waals surface area contributed by atoms with Gasteiger partial charge >= 0.3 is 11.9 Å². The molecular formula is C13H17NO4. The lowest BCUT2D eigenvalue weighted by Gasteiger charge is -2.21. The van der Waals surface area contributed by atoms with Crippen molar-refractivity contribution < 1.29 is 19.4 Å². The zero-order valence-corrected chi connectivity index (χ0v) is 11.2. The van der Waals surface area contributed by atoms with Crippen molar-refractivity contribution in [3.8, 4) is 5.75 Å². The number of amides is 1. The molecule has 1 N–H and O–H groups in total. The summed E-state index contributed by atoms with van der Waals surface area (Å²) >= 11 is 0. The molecular weight excluding hydrogens is 234 g/mol. The standard InChI is InChI=1S/C13H17NO4/c1-7-6-10(14(4)12(15)13(16)17)8(2)9(3)11(7)18-5/h6H,1-5H3,(H,16,17). The number of carboxylic acids is 1. The molecule has 98 valence electrons. The fourth-order valence-electron chi connectivity index (χ4n) is 1.95. The molecule has 1 amide bonds. The van der Waals surface area contributed by atoms with Gasteiger partial charge in [-0.05, 0) is 43.5 Å². The minimum Gasteiger partial charge on any atom is -0.496 e. The number of rotatable bonds is 2. The van der Waals surface area contributed by atoms with E-state index in [-0.39, 0.29) is 0 Å². The van der Waals surface area contributed by atoms with Gasteiger partial charge in [-0.3, -0.25) is 4.79 Å². The number of nitrogens with zero attached hydrogens (tertiary/aromatic N) is 1. The van der Waals surface area contributed by atoms with Crippen LogP contribution in [0.3, 0.4) is 0 Å². The molecule has 1 rings (SSSR count). The number of carboxylic acid groups (broad SMARTS) is 1. The second-order valence-electron chi connectivity index (χ2n) is 4.17. The molecule has 5 heteroatoms. The van der Waals surface area contributed by atoms with Crippen LogP contribution >= 0.6 is 0 Å². The van der Waals surface area contributed by atoms with Crippen molar-refractivity contribution >= 4 is 17.6 Å². The molecule has 0 aliphatic heterocycles. The highest BCUT2D eigenvalue weighted by Crippen LogP contribution is 2.33. The van der Waals surface area contributed by atoms with Gasteiger partial charge < -0.3 is 14.7 Å². The topological polar surface area (TPSA) is 66.8 Å². The highest BCUT2D eigenvalue weighted by Gasteiger charge is 2.22. The second-order valence-corrected chi connectivity index (χ2v) is 4.17. The lowest BCUT2D eigenvalue weighted by Crippen LogP contribution is -2.33. The van der Waals surface area contributed by atoms with Crippen LogP contribution in [-0.4, -0.2) is 31.1 Å². The first kappa shape index (κ1) is 14.0. The van der Waals surface area contributed by atoms with Crippen LogP contribution < -0.4 is 9.64 Å². The number of aryl methyl sites for hydroxylation is 1. The summed E-state index contributed by atoms with van der Waals surface area (Å²) in [6.07, 6.45) is 0. The van der Waals surface area contributed by atoms with E-state index in [1.54, 1.807) is 13.2 Å². The van der Waals surface area contributed by atoms with E-state index in [1.165, 1.54) is 7.05 Å². The predicted octanol–water partition coefficient (Wildman–Crippen LogP) is 1.67. The van der Waals surface area contributed by atoms with Crippen molar-refractivity contribution in [2.45, 2.75) is 20.8 Å². The Balaban J connectivity index is 3.35. The molecule has 0 fully saturated rings. The van der Waals surface area contributed by atoms with Gasteiger partial charge in [0.1, 0.15) is 5.75 Å². The van der Waals surface area contributed by atoms with Gasteiger partial charge in [0.15, 0.2) is 0 Å². The Morgan fingerprint density at radius 3 is 2.22 bits per heavy atom. The molecule has 0 aromatic heterocycles. The third kappa shape index (κ3) is 2.30. The summed E-state index contributed by atoms with van der Waals surface area (Å²) in [6.45, 7) is 5.57. The van der Waals surface area contributed by atoms with E-state index < -0.39 is 11.9 Å². The summed E-state index contributed by atoms with van der Waals surface area (Å²) < 4.78 is 5.28. The summed E-state index contributed by atoms with van der Waals surface area (Å²) in [5.74, 6) is -1.67. The van der Waals surface area contributed by atoms with E-state index in [4.69, 9.17) is 9.84 Å². The highest BCUT2D eigenvalue weighted by atomic mass is 16.5. The quantitative estimate of drug-likeness (QED) is 0.812. The number of methoxy groups -OCH3 is 1. The molecule has 0 unspecified atom stereocenters. The predicted molar refractivity (Wildman–Crippen MR) is 68.3 cm³/mol. The van der Waals surface area contributed by atoms with Gasteiger partial charge in [-0.25, -0.2) is 4.79 Å². The van der Waals surface area contributed by atoms with Crippen LogP contribution in [0.1, 0.15) is 16.7 Å². The number of carbonyl (C=O) groups excluding carboxylic acids is 1. The zero-order chi connectivity index (χ0) is 14.0. The molecule has 0 atom stereocenters. The molecule has 0 saturated carbocycles. The van der Waals surface area contributed by atoms with Gasteiger partial charge in [0, 0.05) is 12.7 Å². The lowest BCUT2D eigenvalue weighted by molar-refractivity contribution is -0.148. The number of aliphatic carboxylic acids is 1. The Hall–Kier alpha value is -2.04. The van der Waals surface area contributed by atoms with E-state index >= 15 is 0 Å². The minimum atomic E-state index is -1.47. The van der Waals surface area contributed by atoms with Crippen LogP contribution in [0.4, 0.5) is 5.69 Å². The van der Waals surface area contributed by atoms with E-state index in [2.05, 4.69) is 0 Å². The van der Waals surface area contributed by atoms with E-state index in [9.17, 15) is 9.59 Å². The maximum Gasteiger partial charge on any atom is 0.394 e. The molecule has 0 heterocycles. The van der Waals surface area contributed by atoms with Gasteiger partial charge in [-0.2, -0.15) is 0 Å². The molecule has 1 aromatic rings. The Labute approximate surface area is 106 Å². The maximum atomic E-state index is 11.5. The molecule has 0 saturated heterocycles. The molecule has 18 heavy (non-hydrogen) atoms. The van der Waals surface area contributed by atoms with Gasteiger partial charge in [-0.1, -0.05) is 0 Å². The summed E-state index contributed by atoms with van der Waals surface area (Å²) in [5.41, 5.74) is 3.17. The SMILES string of the molecule is COc1c(C)cc(N(C)C(=O)C(=O)O)c(C)c1C. The smallest absolute Gasteiger partial charge is 0.394 e. The van der Waals surface area contributed by atoms with Crippen molar-refractivity contribution in [3.05, 3.63) is 22.8 Å². The average Bonchev–Trinajstić information content (AvgIpc) is 2.32. The summed E-state index contributed by atoms with van der Waals surface area (Å²) in [7, 11) is 3.03. The second kappa shape index (κ2) is 5.08. The normalized spacial score (nSPS) is 10.1. The summed E-state index contributed by atoms with van der Waals surface area (Å²) in [5, 5.41) is 8.73. The van der Waals surface area contributed by atoms with Gasteiger partial charge in [0.2, 0.25) is 0 Å². The average molecular weight is 251 g/mol. The van der Waals surface area contributed by atoms with Gasteiger partial charge in [0.25, 0.3) is 0 Å². The lowest BCUT2D eigenvalue weighted by atomic mass is 10.0. The Morgan fingerprint density at radius 2 is 1.78 bits per heavy atom. The third-order valence-corrected chi connectivity index (χ3v) is 3.05. The Morgan fingerprint density at radius 1 is 1.22 bits per heavy atom. The Bertz CT molecular complexity index is 508. The van der Waals surface area contributed by atoms with Crippen molar-refractivity contribution in [2.75, 3.05) is 19.1 Å². The van der Waals surface area contributed by atoms with Gasteiger partial charge in [-0.15, -0.1) is 0 Å². The molecule has 1 aromatic carbocycles. The zero-order valence-electron chi connectivity index (χ0n) is 11.2. The van der Waals surface area contributed by atoms with Crippen LogP contribution in [0.5, 0.6) is 5.75 Å². The van der Waals surface area contributed by atoms with Crippen molar-refractivity contribution in [1.82, 2.24) is 0 Å². The van der Waals surface area contributed by atoms with E-state index in [0.717, 1.165) is 27.3 Å². The molecule has 0 spiro atoms. The molecule has 0 radical (unpaired) electrons. The highest BCUT2D eigenvalue weighted by molar-refractivity contribution is 6.37. The van der Waals surface area contributed by atoms with Crippen molar-refractivity contribution in [3.63, 3.8) is 0 Å². The van der Waals surface area contributed by atoms with Crippen LogP contribution in [0, 0.1) is 20.8 Å². The van der Waals surface area contributed by atoms with Crippen LogP contribution in [-0.2, 0) is 9.59 Å². The number of anilines is 1. The summed E-state index contributed by atoms with van der Waals surface area (Å²) in [4.78, 5) is 23.3. The van der Waals surface area contributed by atoms with Crippen LogP contribution in [0.25, 0.3) is 0 Å². The minimum absolute atomic E-state index is 0.582. The van der Waals surface area contributed by atoms with Crippen LogP contribution in [0.2, 0.25) is 0 Å². The van der Waals surface area contributed by atoms with Crippen molar-refractivity contribution in [2.24, 2.45) is 0 Å². The molecule has 0 aliphatic rings. The van der Waals surface area contributed by atoms with E-state index in [0.29, 0.717) is 5.69 Å². The summed E-state index contributed by atoms with van der Waals surface area (Å²) in [6, 6.07) is 1.75. The largest absolute Gasteiger partial charge is 0.496 e. The number of likely N-dealkylation sites (N-methyl/N-ethyl adjacent to an activating group) is 1.